The summed E-state index contributed by atoms with van der Waals surface area (Å²) in [5.41, 5.74) is 5.61. The quantitative estimate of drug-likeness (QED) is 0.584. The summed E-state index contributed by atoms with van der Waals surface area (Å²) in [6, 6.07) is 0.0572. The molecular weight excluding hydrogens is 130 g/mol. The Kier molecular flexibility index (Phi) is 1.99. The molecule has 0 radical (unpaired) electrons. The molecule has 1 aliphatic heterocycles. The molecular formula is C7H15NO2. The Hall–Kier alpha value is -0.120. The molecule has 3 heteroatoms. The molecule has 1 aliphatic rings. The van der Waals surface area contributed by atoms with Crippen molar-refractivity contribution in [2.45, 2.75) is 38.7 Å². The van der Waals surface area contributed by atoms with Crippen molar-refractivity contribution in [2.24, 2.45) is 5.73 Å². The normalized spacial score (nSPS) is 34.2. The van der Waals surface area contributed by atoms with E-state index in [1.807, 2.05) is 20.8 Å². The number of ether oxygens (including phenoxy) is 2. The summed E-state index contributed by atoms with van der Waals surface area (Å²) in [7, 11) is 0. The molecule has 0 amide bonds. The van der Waals surface area contributed by atoms with E-state index in [1.54, 1.807) is 0 Å². The second-order valence-electron chi connectivity index (χ2n) is 3.23. The summed E-state index contributed by atoms with van der Waals surface area (Å²) in [6.45, 7) is 6.34. The van der Waals surface area contributed by atoms with Gasteiger partial charge in [0.05, 0.1) is 12.7 Å². The van der Waals surface area contributed by atoms with Crippen molar-refractivity contribution >= 4 is 0 Å². The topological polar surface area (TPSA) is 44.5 Å². The molecule has 0 saturated carbocycles. The number of rotatable bonds is 1. The van der Waals surface area contributed by atoms with Gasteiger partial charge < -0.3 is 15.2 Å². The van der Waals surface area contributed by atoms with Crippen LogP contribution >= 0.6 is 0 Å². The number of nitrogens with two attached hydrogens (primary N) is 1. The van der Waals surface area contributed by atoms with Gasteiger partial charge in [-0.1, -0.05) is 0 Å². The van der Waals surface area contributed by atoms with Gasteiger partial charge in [-0.05, 0) is 20.8 Å². The molecule has 10 heavy (non-hydrogen) atoms. The molecule has 1 fully saturated rings. The van der Waals surface area contributed by atoms with E-state index in [0.717, 1.165) is 0 Å². The lowest BCUT2D eigenvalue weighted by Crippen LogP contribution is -2.34. The van der Waals surface area contributed by atoms with Crippen LogP contribution in [0, 0.1) is 0 Å². The molecule has 2 N–H and O–H groups in total. The molecule has 0 aromatic carbocycles. The Morgan fingerprint density at radius 1 is 1.60 bits per heavy atom. The van der Waals surface area contributed by atoms with Gasteiger partial charge in [-0.15, -0.1) is 0 Å². The van der Waals surface area contributed by atoms with Gasteiger partial charge >= 0.3 is 0 Å². The smallest absolute Gasteiger partial charge is 0.163 e. The lowest BCUT2D eigenvalue weighted by Gasteiger charge is -2.18. The molecule has 1 heterocycles. The summed E-state index contributed by atoms with van der Waals surface area (Å²) in [5.74, 6) is -0.432. The van der Waals surface area contributed by atoms with Crippen molar-refractivity contribution in [3.05, 3.63) is 0 Å². The minimum atomic E-state index is -0.432. The SMILES string of the molecule is CC(N)[C@@H]1COC(C)(C)O1. The summed E-state index contributed by atoms with van der Waals surface area (Å²) in [6.07, 6.45) is 0.0648. The van der Waals surface area contributed by atoms with E-state index in [4.69, 9.17) is 15.2 Å². The summed E-state index contributed by atoms with van der Waals surface area (Å²) in [5, 5.41) is 0. The highest BCUT2D eigenvalue weighted by Crippen LogP contribution is 2.23. The monoisotopic (exact) mass is 145 g/mol. The highest BCUT2D eigenvalue weighted by atomic mass is 16.7. The minimum Gasteiger partial charge on any atom is -0.348 e. The third-order valence-corrected chi connectivity index (χ3v) is 1.62. The van der Waals surface area contributed by atoms with E-state index in [1.165, 1.54) is 0 Å². The van der Waals surface area contributed by atoms with Crippen LogP contribution in [-0.2, 0) is 9.47 Å². The van der Waals surface area contributed by atoms with Crippen LogP contribution in [0.4, 0.5) is 0 Å². The molecule has 60 valence electrons. The maximum absolute atomic E-state index is 5.61. The van der Waals surface area contributed by atoms with Gasteiger partial charge in [0.1, 0.15) is 0 Å². The predicted molar refractivity (Wildman–Crippen MR) is 38.6 cm³/mol. The van der Waals surface area contributed by atoms with Crippen LogP contribution < -0.4 is 5.73 Å². The first-order chi connectivity index (χ1) is 4.51. The van der Waals surface area contributed by atoms with E-state index in [0.29, 0.717) is 6.61 Å². The summed E-state index contributed by atoms with van der Waals surface area (Å²) < 4.78 is 10.8. The molecule has 1 rings (SSSR count). The fourth-order valence-electron chi connectivity index (χ4n) is 0.975. The van der Waals surface area contributed by atoms with E-state index >= 15 is 0 Å². The molecule has 2 atom stereocenters. The first-order valence-electron chi connectivity index (χ1n) is 3.58. The van der Waals surface area contributed by atoms with Crippen LogP contribution in [-0.4, -0.2) is 24.5 Å². The van der Waals surface area contributed by atoms with Crippen molar-refractivity contribution in [1.29, 1.82) is 0 Å². The van der Waals surface area contributed by atoms with Crippen LogP contribution in [0.15, 0.2) is 0 Å². The van der Waals surface area contributed by atoms with Gasteiger partial charge in [0.25, 0.3) is 0 Å². The maximum Gasteiger partial charge on any atom is 0.163 e. The lowest BCUT2D eigenvalue weighted by molar-refractivity contribution is -0.140. The van der Waals surface area contributed by atoms with E-state index in [-0.39, 0.29) is 12.1 Å². The molecule has 0 aliphatic carbocycles. The van der Waals surface area contributed by atoms with Crippen LogP contribution in [0.25, 0.3) is 0 Å². The highest BCUT2D eigenvalue weighted by molar-refractivity contribution is 4.76. The van der Waals surface area contributed by atoms with Crippen LogP contribution in [0.2, 0.25) is 0 Å². The second-order valence-corrected chi connectivity index (χ2v) is 3.23. The Balaban J connectivity index is 2.43. The third kappa shape index (κ3) is 1.68. The fraction of sp³-hybridized carbons (Fsp3) is 1.00. The molecule has 1 unspecified atom stereocenters. The van der Waals surface area contributed by atoms with E-state index < -0.39 is 5.79 Å². The van der Waals surface area contributed by atoms with Gasteiger partial charge in [0.15, 0.2) is 5.79 Å². The van der Waals surface area contributed by atoms with Crippen molar-refractivity contribution in [3.63, 3.8) is 0 Å². The van der Waals surface area contributed by atoms with Crippen molar-refractivity contribution in [3.8, 4) is 0 Å². The first kappa shape index (κ1) is 7.98. The van der Waals surface area contributed by atoms with Crippen molar-refractivity contribution < 1.29 is 9.47 Å². The van der Waals surface area contributed by atoms with Crippen LogP contribution in [0.1, 0.15) is 20.8 Å². The number of hydrogen-bond donors (Lipinski definition) is 1. The zero-order chi connectivity index (χ0) is 7.78. The Morgan fingerprint density at radius 2 is 2.20 bits per heavy atom. The van der Waals surface area contributed by atoms with Crippen LogP contribution in [0.3, 0.4) is 0 Å². The lowest BCUT2D eigenvalue weighted by atomic mass is 10.2. The Labute approximate surface area is 61.5 Å². The van der Waals surface area contributed by atoms with Gasteiger partial charge in [0, 0.05) is 6.04 Å². The fourth-order valence-corrected chi connectivity index (χ4v) is 0.975. The number of hydrogen-bond acceptors (Lipinski definition) is 3. The average molecular weight is 145 g/mol. The second kappa shape index (κ2) is 2.49. The Morgan fingerprint density at radius 3 is 2.40 bits per heavy atom. The predicted octanol–water partition coefficient (Wildman–Crippen LogP) is 0.485. The van der Waals surface area contributed by atoms with Gasteiger partial charge in [-0.25, -0.2) is 0 Å². The zero-order valence-corrected chi connectivity index (χ0v) is 6.76. The average Bonchev–Trinajstić information content (AvgIpc) is 2.10. The standard InChI is InChI=1S/C7H15NO2/c1-5(8)6-4-9-7(2,3)10-6/h5-6H,4,8H2,1-3H3/t5?,6-/m0/s1. The van der Waals surface area contributed by atoms with Crippen molar-refractivity contribution in [2.75, 3.05) is 6.61 Å². The first-order valence-corrected chi connectivity index (χ1v) is 3.58. The van der Waals surface area contributed by atoms with E-state index in [9.17, 15) is 0 Å². The molecule has 0 aromatic rings. The molecule has 1 saturated heterocycles. The van der Waals surface area contributed by atoms with Crippen molar-refractivity contribution in [1.82, 2.24) is 0 Å². The minimum absolute atomic E-state index is 0.0572. The zero-order valence-electron chi connectivity index (χ0n) is 6.76. The molecule has 0 bridgehead atoms. The van der Waals surface area contributed by atoms with Crippen LogP contribution in [0.5, 0.6) is 0 Å². The van der Waals surface area contributed by atoms with E-state index in [2.05, 4.69) is 0 Å². The summed E-state index contributed by atoms with van der Waals surface area (Å²) >= 11 is 0. The maximum atomic E-state index is 5.61. The van der Waals surface area contributed by atoms with Gasteiger partial charge in [-0.2, -0.15) is 0 Å². The molecule has 0 aromatic heterocycles. The van der Waals surface area contributed by atoms with Gasteiger partial charge in [-0.3, -0.25) is 0 Å². The van der Waals surface area contributed by atoms with Gasteiger partial charge in [0.2, 0.25) is 0 Å². The largest absolute Gasteiger partial charge is 0.348 e. The summed E-state index contributed by atoms with van der Waals surface area (Å²) in [4.78, 5) is 0. The molecule has 0 spiro atoms. The highest BCUT2D eigenvalue weighted by Gasteiger charge is 2.34. The third-order valence-electron chi connectivity index (χ3n) is 1.62. The Bertz CT molecular complexity index is 123. The molecule has 3 nitrogen and oxygen atoms in total.